The number of carbonyl (C=O) groups is 1. The average Bonchev–Trinajstić information content (AvgIpc) is 3.29. The van der Waals surface area contributed by atoms with Gasteiger partial charge in [0, 0.05) is 12.5 Å². The lowest BCUT2D eigenvalue weighted by Crippen LogP contribution is -2.30. The number of aromatic nitrogens is 2. The molecular weight excluding hydrogens is 334 g/mol. The minimum absolute atomic E-state index is 0.167. The summed E-state index contributed by atoms with van der Waals surface area (Å²) in [4.78, 5) is 19.0. The number of hydrogen-bond donors (Lipinski definition) is 1. The number of nitrogens with zero attached hydrogens (tertiary/aromatic N) is 3. The molecule has 7 heteroatoms. The van der Waals surface area contributed by atoms with Gasteiger partial charge in [-0.3, -0.25) is 4.79 Å². The van der Waals surface area contributed by atoms with Crippen molar-refractivity contribution >= 4 is 5.91 Å². The van der Waals surface area contributed by atoms with Crippen LogP contribution in [0.25, 0.3) is 0 Å². The van der Waals surface area contributed by atoms with Crippen LogP contribution in [-0.2, 0) is 0 Å². The molecule has 1 fully saturated rings. The molecule has 0 saturated carbocycles. The Labute approximate surface area is 152 Å². The maximum Gasteiger partial charge on any atom is 0.290 e. The van der Waals surface area contributed by atoms with Crippen molar-refractivity contribution in [3.8, 4) is 11.8 Å². The molecule has 1 N–H and O–H groups in total. The van der Waals surface area contributed by atoms with Crippen LogP contribution in [0.5, 0.6) is 0 Å². The van der Waals surface area contributed by atoms with E-state index in [0.717, 1.165) is 12.8 Å². The molecule has 0 aromatic carbocycles. The molecule has 138 valence electrons. The highest BCUT2D eigenvalue weighted by atomic mass is 16.5. The molecule has 0 radical (unpaired) electrons. The van der Waals surface area contributed by atoms with Crippen molar-refractivity contribution < 1.29 is 18.8 Å². The van der Waals surface area contributed by atoms with E-state index in [4.69, 9.17) is 8.94 Å². The van der Waals surface area contributed by atoms with Gasteiger partial charge in [0.2, 0.25) is 5.89 Å². The van der Waals surface area contributed by atoms with Gasteiger partial charge in [0.25, 0.3) is 5.91 Å². The van der Waals surface area contributed by atoms with Gasteiger partial charge >= 0.3 is 0 Å². The van der Waals surface area contributed by atoms with E-state index in [1.165, 1.54) is 0 Å². The number of likely N-dealkylation sites (tertiary alicyclic amines) is 1. The molecule has 0 aliphatic carbocycles. The second-order valence-corrected chi connectivity index (χ2v) is 7.28. The van der Waals surface area contributed by atoms with Gasteiger partial charge < -0.3 is 18.9 Å². The zero-order chi connectivity index (χ0) is 18.9. The summed E-state index contributed by atoms with van der Waals surface area (Å²) < 4.78 is 10.9. The van der Waals surface area contributed by atoms with Gasteiger partial charge in [-0.2, -0.15) is 4.98 Å². The lowest BCUT2D eigenvalue weighted by molar-refractivity contribution is 0.0677. The summed E-state index contributed by atoms with van der Waals surface area (Å²) in [5, 5.41) is 13.6. The van der Waals surface area contributed by atoms with E-state index in [2.05, 4.69) is 22.0 Å². The molecule has 1 aliphatic heterocycles. The van der Waals surface area contributed by atoms with E-state index in [9.17, 15) is 9.90 Å². The van der Waals surface area contributed by atoms with Crippen molar-refractivity contribution in [2.45, 2.75) is 58.1 Å². The Morgan fingerprint density at radius 3 is 2.85 bits per heavy atom. The molecular formula is C19H23N3O4. The first kappa shape index (κ1) is 18.2. The molecule has 0 spiro atoms. The molecule has 26 heavy (non-hydrogen) atoms. The normalized spacial score (nSPS) is 17.5. The van der Waals surface area contributed by atoms with Crippen molar-refractivity contribution in [3.63, 3.8) is 0 Å². The molecule has 3 heterocycles. The Bertz CT molecular complexity index is 848. The Morgan fingerprint density at radius 2 is 2.19 bits per heavy atom. The summed E-state index contributed by atoms with van der Waals surface area (Å²) in [6.45, 7) is 7.75. The van der Waals surface area contributed by atoms with Crippen molar-refractivity contribution in [1.29, 1.82) is 0 Å². The molecule has 7 nitrogen and oxygen atoms in total. The Kier molecular flexibility index (Phi) is 4.88. The van der Waals surface area contributed by atoms with E-state index >= 15 is 0 Å². The van der Waals surface area contributed by atoms with Crippen LogP contribution in [0.4, 0.5) is 0 Å². The van der Waals surface area contributed by atoms with Crippen molar-refractivity contribution in [3.05, 3.63) is 35.4 Å². The predicted molar refractivity (Wildman–Crippen MR) is 93.3 cm³/mol. The largest absolute Gasteiger partial charge is 0.443 e. The van der Waals surface area contributed by atoms with Gasteiger partial charge in [-0.25, -0.2) is 0 Å². The first-order chi connectivity index (χ1) is 12.2. The van der Waals surface area contributed by atoms with E-state index in [1.807, 2.05) is 13.8 Å². The monoisotopic (exact) mass is 357 g/mol. The average molecular weight is 357 g/mol. The summed E-state index contributed by atoms with van der Waals surface area (Å²) in [6.07, 6.45) is 1.64. The molecule has 0 bridgehead atoms. The van der Waals surface area contributed by atoms with Crippen LogP contribution >= 0.6 is 0 Å². The second kappa shape index (κ2) is 6.96. The first-order valence-corrected chi connectivity index (χ1v) is 8.74. The number of carbonyl (C=O) groups excluding carboxylic acids is 1. The molecule has 3 rings (SSSR count). The first-order valence-electron chi connectivity index (χ1n) is 8.74. The van der Waals surface area contributed by atoms with Crippen LogP contribution in [0.2, 0.25) is 0 Å². The smallest absolute Gasteiger partial charge is 0.290 e. The standard InChI is InChI=1S/C19H23N3O4/c1-12(2)16-20-17(26-21-16)14-6-5-11-22(14)18(23)15-8-7-13(25-15)9-10-19(3,4)24/h7-8,12,14,24H,5-6,11H2,1-4H3/t14-/m1/s1. The van der Waals surface area contributed by atoms with Crippen LogP contribution in [0.3, 0.4) is 0 Å². The van der Waals surface area contributed by atoms with Gasteiger partial charge in [-0.05, 0) is 44.7 Å². The zero-order valence-corrected chi connectivity index (χ0v) is 15.4. The molecule has 1 atom stereocenters. The third-order valence-electron chi connectivity index (χ3n) is 4.08. The van der Waals surface area contributed by atoms with E-state index < -0.39 is 5.60 Å². The summed E-state index contributed by atoms with van der Waals surface area (Å²) in [5.74, 6) is 6.98. The lowest BCUT2D eigenvalue weighted by atomic mass is 10.1. The van der Waals surface area contributed by atoms with Crippen LogP contribution in [-0.4, -0.2) is 38.2 Å². The zero-order valence-electron chi connectivity index (χ0n) is 15.4. The van der Waals surface area contributed by atoms with Crippen LogP contribution in [0.1, 0.15) is 80.5 Å². The fraction of sp³-hybridized carbons (Fsp3) is 0.526. The number of rotatable bonds is 3. The number of amides is 1. The highest BCUT2D eigenvalue weighted by Crippen LogP contribution is 2.33. The van der Waals surface area contributed by atoms with E-state index in [1.54, 1.807) is 30.9 Å². The van der Waals surface area contributed by atoms with Gasteiger partial charge in [0.1, 0.15) is 11.6 Å². The number of furan rings is 1. The minimum atomic E-state index is -1.12. The molecule has 2 aromatic heterocycles. The van der Waals surface area contributed by atoms with Crippen molar-refractivity contribution in [2.24, 2.45) is 0 Å². The van der Waals surface area contributed by atoms with Crippen LogP contribution in [0.15, 0.2) is 21.1 Å². The maximum absolute atomic E-state index is 12.8. The van der Waals surface area contributed by atoms with Crippen LogP contribution < -0.4 is 0 Å². The second-order valence-electron chi connectivity index (χ2n) is 7.28. The van der Waals surface area contributed by atoms with Gasteiger partial charge in [0.05, 0.1) is 0 Å². The highest BCUT2D eigenvalue weighted by molar-refractivity contribution is 5.92. The third-order valence-corrected chi connectivity index (χ3v) is 4.08. The third kappa shape index (κ3) is 3.97. The Hall–Kier alpha value is -2.59. The van der Waals surface area contributed by atoms with Gasteiger partial charge in [-0.15, -0.1) is 0 Å². The molecule has 1 aliphatic rings. The Morgan fingerprint density at radius 1 is 1.42 bits per heavy atom. The van der Waals surface area contributed by atoms with Gasteiger partial charge in [0.15, 0.2) is 17.3 Å². The van der Waals surface area contributed by atoms with Crippen molar-refractivity contribution in [2.75, 3.05) is 6.54 Å². The predicted octanol–water partition coefficient (Wildman–Crippen LogP) is 2.89. The van der Waals surface area contributed by atoms with E-state index in [0.29, 0.717) is 24.0 Å². The summed E-state index contributed by atoms with van der Waals surface area (Å²) >= 11 is 0. The maximum atomic E-state index is 12.8. The molecule has 1 amide bonds. The fourth-order valence-corrected chi connectivity index (χ4v) is 2.76. The minimum Gasteiger partial charge on any atom is -0.443 e. The fourth-order valence-electron chi connectivity index (χ4n) is 2.76. The quantitative estimate of drug-likeness (QED) is 0.849. The van der Waals surface area contributed by atoms with E-state index in [-0.39, 0.29) is 23.6 Å². The Balaban J connectivity index is 1.78. The number of aliphatic hydroxyl groups is 1. The molecule has 0 unspecified atom stereocenters. The number of hydrogen-bond acceptors (Lipinski definition) is 6. The molecule has 2 aromatic rings. The topological polar surface area (TPSA) is 92.6 Å². The summed E-state index contributed by atoms with van der Waals surface area (Å²) in [7, 11) is 0. The van der Waals surface area contributed by atoms with Crippen molar-refractivity contribution in [1.82, 2.24) is 15.0 Å². The SMILES string of the molecule is CC(C)c1noc([C@H]2CCCN2C(=O)c2ccc(C#CC(C)(C)O)o2)n1. The molecule has 1 saturated heterocycles. The highest BCUT2D eigenvalue weighted by Gasteiger charge is 2.35. The van der Waals surface area contributed by atoms with Crippen LogP contribution in [0, 0.1) is 11.8 Å². The lowest BCUT2D eigenvalue weighted by Gasteiger charge is -2.20. The van der Waals surface area contributed by atoms with Gasteiger partial charge in [-0.1, -0.05) is 24.9 Å². The summed E-state index contributed by atoms with van der Waals surface area (Å²) in [6, 6.07) is 2.98. The summed E-state index contributed by atoms with van der Waals surface area (Å²) in [5.41, 5.74) is -1.12.